The van der Waals surface area contributed by atoms with Crippen molar-refractivity contribution in [1.82, 2.24) is 14.7 Å². The van der Waals surface area contributed by atoms with Gasteiger partial charge < -0.3 is 16.0 Å². The number of hydrogen-bond acceptors (Lipinski definition) is 4. The highest BCUT2D eigenvalue weighted by molar-refractivity contribution is 6.06. The van der Waals surface area contributed by atoms with Crippen LogP contribution in [0.2, 0.25) is 0 Å². The first-order valence-electron chi connectivity index (χ1n) is 8.94. The first-order valence-corrected chi connectivity index (χ1v) is 8.94. The van der Waals surface area contributed by atoms with Gasteiger partial charge >= 0.3 is 0 Å². The molecule has 0 unspecified atom stereocenters. The summed E-state index contributed by atoms with van der Waals surface area (Å²) >= 11 is 0. The fourth-order valence-electron chi connectivity index (χ4n) is 2.71. The third-order valence-electron chi connectivity index (χ3n) is 3.97. The summed E-state index contributed by atoms with van der Waals surface area (Å²) in [5.41, 5.74) is 1.94. The predicted octanol–water partition coefficient (Wildman–Crippen LogP) is 2.68. The van der Waals surface area contributed by atoms with Gasteiger partial charge in [0.05, 0.1) is 5.52 Å². The van der Waals surface area contributed by atoms with Gasteiger partial charge in [-0.15, -0.1) is 0 Å². The summed E-state index contributed by atoms with van der Waals surface area (Å²) in [5.74, 6) is -0.815. The SMILES string of the molecule is CCCNC(=O)c1nc(C(=O)Nc2ccc(NC(C)=O)cc2)n2ccccc12. The van der Waals surface area contributed by atoms with Crippen LogP contribution in [-0.2, 0) is 4.79 Å². The number of benzene rings is 1. The average molecular weight is 379 g/mol. The molecule has 3 N–H and O–H groups in total. The Kier molecular flexibility index (Phi) is 5.69. The van der Waals surface area contributed by atoms with Gasteiger partial charge in [0, 0.05) is 31.0 Å². The Morgan fingerprint density at radius 2 is 1.64 bits per heavy atom. The maximum absolute atomic E-state index is 12.7. The number of amides is 3. The number of carbonyl (C=O) groups is 3. The molecule has 0 bridgehead atoms. The number of carbonyl (C=O) groups excluding carboxylic acids is 3. The van der Waals surface area contributed by atoms with E-state index in [9.17, 15) is 14.4 Å². The molecule has 0 atom stereocenters. The highest BCUT2D eigenvalue weighted by Crippen LogP contribution is 2.17. The Labute approximate surface area is 162 Å². The lowest BCUT2D eigenvalue weighted by atomic mass is 10.2. The summed E-state index contributed by atoms with van der Waals surface area (Å²) in [7, 11) is 0. The lowest BCUT2D eigenvalue weighted by Crippen LogP contribution is -2.24. The molecule has 2 heterocycles. The molecule has 0 aliphatic carbocycles. The zero-order valence-corrected chi connectivity index (χ0v) is 15.7. The molecule has 0 aliphatic heterocycles. The van der Waals surface area contributed by atoms with E-state index < -0.39 is 5.91 Å². The minimum atomic E-state index is -0.442. The Hall–Kier alpha value is -3.68. The van der Waals surface area contributed by atoms with Crippen molar-refractivity contribution >= 4 is 34.6 Å². The third kappa shape index (κ3) is 4.17. The minimum absolute atomic E-state index is 0.114. The molecule has 8 nitrogen and oxygen atoms in total. The molecule has 0 saturated heterocycles. The van der Waals surface area contributed by atoms with E-state index in [0.717, 1.165) is 6.42 Å². The molecule has 1 aromatic carbocycles. The van der Waals surface area contributed by atoms with Gasteiger partial charge in [-0.05, 0) is 42.8 Å². The Morgan fingerprint density at radius 3 is 2.29 bits per heavy atom. The van der Waals surface area contributed by atoms with Crippen molar-refractivity contribution in [3.63, 3.8) is 0 Å². The van der Waals surface area contributed by atoms with Crippen LogP contribution in [0.5, 0.6) is 0 Å². The zero-order valence-electron chi connectivity index (χ0n) is 15.7. The van der Waals surface area contributed by atoms with Gasteiger partial charge in [-0.3, -0.25) is 18.8 Å². The van der Waals surface area contributed by atoms with Crippen LogP contribution in [0.1, 0.15) is 41.4 Å². The molecule has 144 valence electrons. The molecular formula is C20H21N5O3. The highest BCUT2D eigenvalue weighted by atomic mass is 16.2. The van der Waals surface area contributed by atoms with Gasteiger partial charge in [0.1, 0.15) is 0 Å². The first kappa shape index (κ1) is 19.1. The molecule has 0 fully saturated rings. The van der Waals surface area contributed by atoms with Crippen molar-refractivity contribution in [1.29, 1.82) is 0 Å². The molecular weight excluding hydrogens is 358 g/mol. The number of pyridine rings is 1. The fraction of sp³-hybridized carbons (Fsp3) is 0.200. The van der Waals surface area contributed by atoms with E-state index in [0.29, 0.717) is 23.4 Å². The van der Waals surface area contributed by atoms with Crippen molar-refractivity contribution in [2.75, 3.05) is 17.2 Å². The molecule has 3 aromatic rings. The second-order valence-electron chi connectivity index (χ2n) is 6.21. The van der Waals surface area contributed by atoms with Gasteiger partial charge in [0.25, 0.3) is 11.8 Å². The molecule has 3 amide bonds. The van der Waals surface area contributed by atoms with E-state index in [-0.39, 0.29) is 23.3 Å². The van der Waals surface area contributed by atoms with Crippen LogP contribution in [-0.4, -0.2) is 33.7 Å². The van der Waals surface area contributed by atoms with E-state index in [1.165, 1.54) is 6.92 Å². The lowest BCUT2D eigenvalue weighted by molar-refractivity contribution is -0.114. The average Bonchev–Trinajstić information content (AvgIpc) is 3.07. The van der Waals surface area contributed by atoms with Crippen LogP contribution >= 0.6 is 0 Å². The Morgan fingerprint density at radius 1 is 0.964 bits per heavy atom. The van der Waals surface area contributed by atoms with E-state index in [1.54, 1.807) is 53.1 Å². The van der Waals surface area contributed by atoms with Crippen LogP contribution in [0, 0.1) is 0 Å². The molecule has 2 aromatic heterocycles. The molecule has 0 radical (unpaired) electrons. The van der Waals surface area contributed by atoms with E-state index in [4.69, 9.17) is 0 Å². The number of hydrogen-bond donors (Lipinski definition) is 3. The summed E-state index contributed by atoms with van der Waals surface area (Å²) in [6.07, 6.45) is 2.49. The van der Waals surface area contributed by atoms with Crippen LogP contribution in [0.4, 0.5) is 11.4 Å². The van der Waals surface area contributed by atoms with E-state index in [2.05, 4.69) is 20.9 Å². The summed E-state index contributed by atoms with van der Waals surface area (Å²) in [4.78, 5) is 40.5. The second kappa shape index (κ2) is 8.34. The summed E-state index contributed by atoms with van der Waals surface area (Å²) in [6.45, 7) is 3.92. The maximum atomic E-state index is 12.7. The van der Waals surface area contributed by atoms with Gasteiger partial charge in [-0.2, -0.15) is 0 Å². The van der Waals surface area contributed by atoms with E-state index in [1.807, 2.05) is 6.92 Å². The quantitative estimate of drug-likeness (QED) is 0.612. The minimum Gasteiger partial charge on any atom is -0.351 e. The van der Waals surface area contributed by atoms with Gasteiger partial charge in [0.15, 0.2) is 5.69 Å². The van der Waals surface area contributed by atoms with E-state index >= 15 is 0 Å². The maximum Gasteiger partial charge on any atom is 0.292 e. The lowest BCUT2D eigenvalue weighted by Gasteiger charge is -2.06. The highest BCUT2D eigenvalue weighted by Gasteiger charge is 2.21. The zero-order chi connectivity index (χ0) is 20.1. The summed E-state index contributed by atoms with van der Waals surface area (Å²) < 4.78 is 1.59. The molecule has 3 rings (SSSR count). The van der Waals surface area contributed by atoms with Crippen molar-refractivity contribution in [3.05, 3.63) is 60.2 Å². The van der Waals surface area contributed by atoms with Crippen LogP contribution in [0.25, 0.3) is 5.52 Å². The van der Waals surface area contributed by atoms with Gasteiger partial charge in [-0.25, -0.2) is 4.98 Å². The molecule has 0 spiro atoms. The number of nitrogens with zero attached hydrogens (tertiary/aromatic N) is 2. The molecule has 8 heteroatoms. The third-order valence-corrected chi connectivity index (χ3v) is 3.97. The largest absolute Gasteiger partial charge is 0.351 e. The Bertz CT molecular complexity index is 1020. The summed E-state index contributed by atoms with van der Waals surface area (Å²) in [6, 6.07) is 12.0. The van der Waals surface area contributed by atoms with Gasteiger partial charge in [0.2, 0.25) is 11.7 Å². The normalized spacial score (nSPS) is 10.5. The van der Waals surface area contributed by atoms with Crippen LogP contribution < -0.4 is 16.0 Å². The number of anilines is 2. The topological polar surface area (TPSA) is 105 Å². The van der Waals surface area contributed by atoms with Crippen molar-refractivity contribution in [3.8, 4) is 0 Å². The number of nitrogens with one attached hydrogen (secondary N) is 3. The number of rotatable bonds is 6. The predicted molar refractivity (Wildman–Crippen MR) is 107 cm³/mol. The monoisotopic (exact) mass is 379 g/mol. The number of imidazole rings is 1. The molecule has 28 heavy (non-hydrogen) atoms. The number of aromatic nitrogens is 2. The Balaban J connectivity index is 1.85. The van der Waals surface area contributed by atoms with Crippen molar-refractivity contribution < 1.29 is 14.4 Å². The van der Waals surface area contributed by atoms with Gasteiger partial charge in [-0.1, -0.05) is 13.0 Å². The standard InChI is InChI=1S/C20H21N5O3/c1-3-11-21-19(27)17-16-6-4-5-12-25(16)18(24-17)20(28)23-15-9-7-14(8-10-15)22-13(2)26/h4-10,12H,3,11H2,1-2H3,(H,21,27)(H,22,26)(H,23,28). The number of fused-ring (bicyclic) bond motifs is 1. The van der Waals surface area contributed by atoms with Crippen molar-refractivity contribution in [2.24, 2.45) is 0 Å². The fourth-order valence-corrected chi connectivity index (χ4v) is 2.71. The molecule has 0 saturated carbocycles. The smallest absolute Gasteiger partial charge is 0.292 e. The van der Waals surface area contributed by atoms with Crippen LogP contribution in [0.3, 0.4) is 0 Å². The summed E-state index contributed by atoms with van der Waals surface area (Å²) in [5, 5.41) is 8.20. The van der Waals surface area contributed by atoms with Crippen molar-refractivity contribution in [2.45, 2.75) is 20.3 Å². The molecule has 0 aliphatic rings. The second-order valence-corrected chi connectivity index (χ2v) is 6.21. The first-order chi connectivity index (χ1) is 13.5. The van der Waals surface area contributed by atoms with Crippen LogP contribution in [0.15, 0.2) is 48.7 Å².